The Morgan fingerprint density at radius 2 is 2.13 bits per heavy atom. The Balaban J connectivity index is 1.66. The number of rotatable bonds is 5. The summed E-state index contributed by atoms with van der Waals surface area (Å²) in [5.41, 5.74) is 13.7. The van der Waals surface area contributed by atoms with Gasteiger partial charge < -0.3 is 16.4 Å². The quantitative estimate of drug-likeness (QED) is 0.585. The number of carbonyl (C=O) groups is 1. The number of hydrogen-bond donors (Lipinski definition) is 2. The molecule has 1 saturated heterocycles. The first-order chi connectivity index (χ1) is 14.9. The van der Waals surface area contributed by atoms with Gasteiger partial charge in [0.05, 0.1) is 10.7 Å². The molecule has 1 atom stereocenters. The van der Waals surface area contributed by atoms with Crippen LogP contribution in [-0.2, 0) is 6.42 Å². The van der Waals surface area contributed by atoms with E-state index in [0.717, 1.165) is 36.7 Å². The lowest BCUT2D eigenvalue weighted by molar-refractivity contribution is 0.0989. The monoisotopic (exact) mass is 440 g/mol. The van der Waals surface area contributed by atoms with Crippen LogP contribution in [0, 0.1) is 5.82 Å². The minimum absolute atomic E-state index is 0.0210. The zero-order chi connectivity index (χ0) is 22.0. The Morgan fingerprint density at radius 3 is 2.90 bits per heavy atom. The number of aromatic nitrogens is 3. The van der Waals surface area contributed by atoms with Crippen LogP contribution in [0.25, 0.3) is 11.4 Å². The van der Waals surface area contributed by atoms with E-state index in [9.17, 15) is 9.18 Å². The number of carbonyl (C=O) groups excluding carboxylic acids is 1. The van der Waals surface area contributed by atoms with Crippen molar-refractivity contribution in [1.29, 1.82) is 0 Å². The normalized spacial score (nSPS) is 16.4. The van der Waals surface area contributed by atoms with E-state index in [1.54, 1.807) is 24.5 Å². The number of halogens is 2. The molecule has 0 unspecified atom stereocenters. The highest BCUT2D eigenvalue weighted by Crippen LogP contribution is 2.29. The Bertz CT molecular complexity index is 1120. The first-order valence-corrected chi connectivity index (χ1v) is 10.4. The maximum Gasteiger partial charge on any atom is 0.187 e. The number of nitrogens with zero attached hydrogens (tertiary/aromatic N) is 4. The average Bonchev–Trinajstić information content (AvgIpc) is 2.75. The Hall–Kier alpha value is -3.10. The van der Waals surface area contributed by atoms with Gasteiger partial charge >= 0.3 is 0 Å². The maximum atomic E-state index is 14.5. The second-order valence-corrected chi connectivity index (χ2v) is 7.95. The summed E-state index contributed by atoms with van der Waals surface area (Å²) < 4.78 is 14.5. The number of nitrogens with two attached hydrogens (primary N) is 2. The van der Waals surface area contributed by atoms with E-state index in [2.05, 4.69) is 19.9 Å². The van der Waals surface area contributed by atoms with E-state index in [1.165, 1.54) is 6.20 Å². The van der Waals surface area contributed by atoms with Gasteiger partial charge in [-0.2, -0.15) is 0 Å². The van der Waals surface area contributed by atoms with Crippen LogP contribution < -0.4 is 16.4 Å². The van der Waals surface area contributed by atoms with Crippen molar-refractivity contribution in [3.05, 3.63) is 65.0 Å². The van der Waals surface area contributed by atoms with Gasteiger partial charge in [0.25, 0.3) is 0 Å². The van der Waals surface area contributed by atoms with Gasteiger partial charge in [-0.05, 0) is 31.0 Å². The second kappa shape index (κ2) is 8.95. The summed E-state index contributed by atoms with van der Waals surface area (Å²) in [4.78, 5) is 27.8. The van der Waals surface area contributed by atoms with Crippen LogP contribution in [0.3, 0.4) is 0 Å². The summed E-state index contributed by atoms with van der Waals surface area (Å²) in [5, 5.41) is 0.230. The van der Waals surface area contributed by atoms with Gasteiger partial charge in [0.15, 0.2) is 11.6 Å². The minimum atomic E-state index is -0.695. The Kier molecular flexibility index (Phi) is 6.11. The molecule has 160 valence electrons. The molecule has 7 nitrogen and oxygen atoms in total. The van der Waals surface area contributed by atoms with E-state index >= 15 is 0 Å². The van der Waals surface area contributed by atoms with Crippen molar-refractivity contribution in [1.82, 2.24) is 15.0 Å². The number of hydrogen-bond acceptors (Lipinski definition) is 7. The number of pyridine rings is 3. The molecule has 0 amide bonds. The minimum Gasteiger partial charge on any atom is -0.397 e. The predicted molar refractivity (Wildman–Crippen MR) is 119 cm³/mol. The smallest absolute Gasteiger partial charge is 0.187 e. The Labute approximate surface area is 184 Å². The largest absolute Gasteiger partial charge is 0.397 e. The number of Topliss-reactive ketones (excluding diaryl/α,β-unsaturated/α-hetero) is 1. The Morgan fingerprint density at radius 1 is 1.29 bits per heavy atom. The summed E-state index contributed by atoms with van der Waals surface area (Å²) in [7, 11) is 0. The fourth-order valence-electron chi connectivity index (χ4n) is 3.80. The summed E-state index contributed by atoms with van der Waals surface area (Å²) in [6.07, 6.45) is 6.81. The molecule has 3 aromatic rings. The molecule has 31 heavy (non-hydrogen) atoms. The highest BCUT2D eigenvalue weighted by Gasteiger charge is 2.23. The lowest BCUT2D eigenvalue weighted by Gasteiger charge is -2.33. The summed E-state index contributed by atoms with van der Waals surface area (Å²) >= 11 is 6.14. The highest BCUT2D eigenvalue weighted by atomic mass is 35.5. The molecule has 0 radical (unpaired) electrons. The number of nitrogen functional groups attached to an aromatic ring is 1. The molecular weight excluding hydrogens is 419 g/mol. The van der Waals surface area contributed by atoms with E-state index < -0.39 is 5.82 Å². The van der Waals surface area contributed by atoms with Crippen molar-refractivity contribution in [2.75, 3.05) is 23.7 Å². The third-order valence-electron chi connectivity index (χ3n) is 5.28. The molecule has 1 aliphatic heterocycles. The van der Waals surface area contributed by atoms with E-state index in [0.29, 0.717) is 6.54 Å². The summed E-state index contributed by atoms with van der Waals surface area (Å²) in [6, 6.07) is 6.25. The third-order valence-corrected chi connectivity index (χ3v) is 5.58. The molecule has 1 aliphatic rings. The van der Waals surface area contributed by atoms with Crippen LogP contribution in [0.4, 0.5) is 15.8 Å². The van der Waals surface area contributed by atoms with E-state index in [1.807, 2.05) is 6.07 Å². The van der Waals surface area contributed by atoms with Crippen molar-refractivity contribution >= 4 is 28.8 Å². The van der Waals surface area contributed by atoms with Gasteiger partial charge in [0.2, 0.25) is 0 Å². The van der Waals surface area contributed by atoms with Crippen molar-refractivity contribution < 1.29 is 9.18 Å². The van der Waals surface area contributed by atoms with Crippen LogP contribution in [0.2, 0.25) is 5.02 Å². The van der Waals surface area contributed by atoms with Crippen molar-refractivity contribution in [2.45, 2.75) is 25.3 Å². The van der Waals surface area contributed by atoms with Crippen molar-refractivity contribution in [2.24, 2.45) is 5.73 Å². The molecule has 4 heterocycles. The molecule has 0 bridgehead atoms. The predicted octanol–water partition coefficient (Wildman–Crippen LogP) is 3.27. The fraction of sp³-hybridized carbons (Fsp3) is 0.273. The first-order valence-electron chi connectivity index (χ1n) is 9.97. The third kappa shape index (κ3) is 4.50. The van der Waals surface area contributed by atoms with Gasteiger partial charge in [-0.3, -0.25) is 14.8 Å². The number of piperidine rings is 1. The molecule has 0 aliphatic carbocycles. The topological polar surface area (TPSA) is 111 Å². The van der Waals surface area contributed by atoms with Gasteiger partial charge in [-0.15, -0.1) is 0 Å². The SMILES string of the molecule is Nc1cc(F)c(-c2ncccc2Cl)nc1C(=O)Cc1cnccc1N1CCC[C@H](N)C1. The second-order valence-electron chi connectivity index (χ2n) is 7.54. The maximum absolute atomic E-state index is 14.5. The van der Waals surface area contributed by atoms with E-state index in [4.69, 9.17) is 23.1 Å². The van der Waals surface area contributed by atoms with Crippen molar-refractivity contribution in [3.63, 3.8) is 0 Å². The van der Waals surface area contributed by atoms with Gasteiger partial charge in [0, 0.05) is 61.5 Å². The average molecular weight is 441 g/mol. The number of anilines is 2. The molecule has 4 N–H and O–H groups in total. The van der Waals surface area contributed by atoms with Gasteiger partial charge in [-0.1, -0.05) is 11.6 Å². The summed E-state index contributed by atoms with van der Waals surface area (Å²) in [5.74, 6) is -1.04. The standard InChI is InChI=1S/C22H22ClFN6O/c23-15-4-1-6-28-20(15)21-16(24)10-17(26)22(29-21)19(31)9-13-11-27-7-5-18(13)30-8-2-3-14(25)12-30/h1,4-7,10-11,14H,2-3,8-9,12,25-26H2/t14-/m0/s1. The fourth-order valence-corrected chi connectivity index (χ4v) is 4.01. The lowest BCUT2D eigenvalue weighted by Crippen LogP contribution is -2.43. The van der Waals surface area contributed by atoms with Crippen LogP contribution in [-0.4, -0.2) is 39.9 Å². The van der Waals surface area contributed by atoms with Gasteiger partial charge in [-0.25, -0.2) is 9.37 Å². The summed E-state index contributed by atoms with van der Waals surface area (Å²) in [6.45, 7) is 1.57. The zero-order valence-corrected chi connectivity index (χ0v) is 17.5. The number of ketones is 1. The molecule has 3 aromatic heterocycles. The van der Waals surface area contributed by atoms with E-state index in [-0.39, 0.29) is 46.0 Å². The van der Waals surface area contributed by atoms with Crippen LogP contribution in [0.15, 0.2) is 42.9 Å². The van der Waals surface area contributed by atoms with Crippen LogP contribution in [0.1, 0.15) is 28.9 Å². The lowest BCUT2D eigenvalue weighted by atomic mass is 10.0. The zero-order valence-electron chi connectivity index (χ0n) is 16.8. The highest BCUT2D eigenvalue weighted by molar-refractivity contribution is 6.32. The molecular formula is C22H22ClFN6O. The molecule has 1 fully saturated rings. The molecule has 0 aromatic carbocycles. The molecule has 9 heteroatoms. The first kappa shape index (κ1) is 21.1. The van der Waals surface area contributed by atoms with Gasteiger partial charge in [0.1, 0.15) is 17.1 Å². The molecule has 0 saturated carbocycles. The molecule has 0 spiro atoms. The molecule has 4 rings (SSSR count). The van der Waals surface area contributed by atoms with Crippen molar-refractivity contribution in [3.8, 4) is 11.4 Å². The van der Waals surface area contributed by atoms with Crippen LogP contribution in [0.5, 0.6) is 0 Å². The van der Waals surface area contributed by atoms with Crippen LogP contribution >= 0.6 is 11.6 Å².